The Labute approximate surface area is 159 Å². The van der Waals surface area contributed by atoms with Gasteiger partial charge in [0.15, 0.2) is 0 Å². The van der Waals surface area contributed by atoms with E-state index in [-0.39, 0.29) is 5.56 Å². The smallest absolute Gasteiger partial charge is 0.399 e. The zero-order valence-electron chi connectivity index (χ0n) is 16.3. The number of para-hydroxylation sites is 1. The predicted octanol–water partition coefficient (Wildman–Crippen LogP) is 2.99. The molecule has 1 fully saturated rings. The van der Waals surface area contributed by atoms with E-state index < -0.39 is 18.3 Å². The van der Waals surface area contributed by atoms with E-state index in [4.69, 9.17) is 9.31 Å². The van der Waals surface area contributed by atoms with Crippen molar-refractivity contribution in [3.05, 3.63) is 64.7 Å². The predicted molar refractivity (Wildman–Crippen MR) is 108 cm³/mol. The third-order valence-corrected chi connectivity index (χ3v) is 5.78. The number of fused-ring (bicyclic) bond motifs is 1. The highest BCUT2D eigenvalue weighted by Crippen LogP contribution is 2.36. The minimum Gasteiger partial charge on any atom is -0.399 e. The summed E-state index contributed by atoms with van der Waals surface area (Å²) >= 11 is 0. The molecule has 0 N–H and O–H groups in total. The van der Waals surface area contributed by atoms with Crippen LogP contribution in [0.2, 0.25) is 0 Å². The molecule has 1 aliphatic rings. The van der Waals surface area contributed by atoms with E-state index >= 15 is 0 Å². The summed E-state index contributed by atoms with van der Waals surface area (Å²) in [5.74, 6) is 0. The van der Waals surface area contributed by atoms with Gasteiger partial charge in [0.25, 0.3) is 5.56 Å². The Bertz CT molecular complexity index is 1070. The highest BCUT2D eigenvalue weighted by molar-refractivity contribution is 6.62. The van der Waals surface area contributed by atoms with Crippen molar-refractivity contribution in [1.29, 1.82) is 0 Å². The standard InChI is InChI=1S/C21H23BN2O3/c1-14-16(22-26-20(2,3)21(4,5)27-22)10-8-12-18(14)24-13-23-17-11-7-6-9-15(17)19(24)25/h6-13H,1-5H3. The monoisotopic (exact) mass is 362 g/mol. The Morgan fingerprint density at radius 3 is 2.33 bits per heavy atom. The quantitative estimate of drug-likeness (QED) is 0.658. The van der Waals surface area contributed by atoms with Crippen LogP contribution in [-0.4, -0.2) is 27.9 Å². The second-order valence-electron chi connectivity index (χ2n) is 8.02. The minimum atomic E-state index is -0.473. The molecule has 138 valence electrons. The van der Waals surface area contributed by atoms with Gasteiger partial charge in [0.2, 0.25) is 0 Å². The maximum absolute atomic E-state index is 13.0. The van der Waals surface area contributed by atoms with Crippen molar-refractivity contribution in [2.45, 2.75) is 45.8 Å². The first kappa shape index (κ1) is 18.0. The van der Waals surface area contributed by atoms with Crippen molar-refractivity contribution in [2.75, 3.05) is 0 Å². The Morgan fingerprint density at radius 1 is 0.963 bits per heavy atom. The fraction of sp³-hybridized carbons (Fsp3) is 0.333. The summed E-state index contributed by atoms with van der Waals surface area (Å²) in [6, 6.07) is 13.2. The van der Waals surface area contributed by atoms with E-state index in [9.17, 15) is 4.79 Å². The number of hydrogen-bond acceptors (Lipinski definition) is 4. The molecule has 1 aromatic heterocycles. The van der Waals surface area contributed by atoms with Crippen LogP contribution in [0.1, 0.15) is 33.3 Å². The van der Waals surface area contributed by atoms with Gasteiger partial charge < -0.3 is 9.31 Å². The molecule has 2 aromatic carbocycles. The fourth-order valence-corrected chi connectivity index (χ4v) is 3.37. The van der Waals surface area contributed by atoms with Crippen molar-refractivity contribution in [3.8, 4) is 5.69 Å². The molecule has 0 aliphatic carbocycles. The lowest BCUT2D eigenvalue weighted by atomic mass is 9.76. The molecule has 0 spiro atoms. The summed E-state index contributed by atoms with van der Waals surface area (Å²) in [5.41, 5.74) is 2.42. The van der Waals surface area contributed by atoms with Gasteiger partial charge in [-0.1, -0.05) is 24.3 Å². The largest absolute Gasteiger partial charge is 0.495 e. The molecule has 0 unspecified atom stereocenters. The van der Waals surface area contributed by atoms with E-state index in [1.165, 1.54) is 0 Å². The lowest BCUT2D eigenvalue weighted by Crippen LogP contribution is -2.41. The Kier molecular flexibility index (Phi) is 4.02. The van der Waals surface area contributed by atoms with Crippen molar-refractivity contribution in [1.82, 2.24) is 9.55 Å². The van der Waals surface area contributed by atoms with E-state index in [0.717, 1.165) is 16.7 Å². The molecule has 0 radical (unpaired) electrons. The molecule has 0 atom stereocenters. The molecule has 5 nitrogen and oxygen atoms in total. The van der Waals surface area contributed by atoms with Gasteiger partial charge in [-0.05, 0) is 63.8 Å². The summed E-state index contributed by atoms with van der Waals surface area (Å²) in [6.45, 7) is 10.1. The minimum absolute atomic E-state index is 0.0882. The van der Waals surface area contributed by atoms with Crippen molar-refractivity contribution < 1.29 is 9.31 Å². The SMILES string of the molecule is Cc1c(B2OC(C)(C)C(C)(C)O2)cccc1-n1cnc2ccccc2c1=O. The summed E-state index contributed by atoms with van der Waals surface area (Å²) in [7, 11) is -0.473. The first-order valence-corrected chi connectivity index (χ1v) is 9.13. The number of aromatic nitrogens is 2. The average molecular weight is 362 g/mol. The molecule has 0 bridgehead atoms. The Morgan fingerprint density at radius 2 is 1.63 bits per heavy atom. The van der Waals surface area contributed by atoms with Crippen LogP contribution in [0.4, 0.5) is 0 Å². The van der Waals surface area contributed by atoms with Crippen LogP contribution in [0.5, 0.6) is 0 Å². The van der Waals surface area contributed by atoms with Crippen LogP contribution in [0.15, 0.2) is 53.6 Å². The van der Waals surface area contributed by atoms with Gasteiger partial charge >= 0.3 is 7.12 Å². The number of rotatable bonds is 2. The number of nitrogens with zero attached hydrogens (tertiary/aromatic N) is 2. The maximum Gasteiger partial charge on any atom is 0.495 e. The first-order valence-electron chi connectivity index (χ1n) is 9.13. The van der Waals surface area contributed by atoms with Crippen molar-refractivity contribution in [3.63, 3.8) is 0 Å². The normalized spacial score (nSPS) is 18.2. The van der Waals surface area contributed by atoms with Gasteiger partial charge in [-0.15, -0.1) is 0 Å². The molecule has 0 amide bonds. The summed E-state index contributed by atoms with van der Waals surface area (Å²) in [5, 5.41) is 0.598. The number of hydrogen-bond donors (Lipinski definition) is 0. The zero-order valence-corrected chi connectivity index (χ0v) is 16.3. The molecule has 6 heteroatoms. The van der Waals surface area contributed by atoms with Crippen LogP contribution in [-0.2, 0) is 9.31 Å². The molecule has 0 saturated carbocycles. The van der Waals surface area contributed by atoms with Crippen molar-refractivity contribution >= 4 is 23.5 Å². The second kappa shape index (κ2) is 6.04. The first-order chi connectivity index (χ1) is 12.7. The molecule has 4 rings (SSSR count). The topological polar surface area (TPSA) is 53.4 Å². The summed E-state index contributed by atoms with van der Waals surface area (Å²) < 4.78 is 14.0. The van der Waals surface area contributed by atoms with E-state index in [2.05, 4.69) is 4.98 Å². The second-order valence-corrected chi connectivity index (χ2v) is 8.02. The molecule has 3 aromatic rings. The Balaban J connectivity index is 1.83. The summed E-state index contributed by atoms with van der Waals surface area (Å²) in [4.78, 5) is 17.4. The molecule has 27 heavy (non-hydrogen) atoms. The summed E-state index contributed by atoms with van der Waals surface area (Å²) in [6.07, 6.45) is 1.58. The van der Waals surface area contributed by atoms with E-state index in [1.807, 2.05) is 71.0 Å². The van der Waals surface area contributed by atoms with Gasteiger partial charge in [0.05, 0.1) is 27.8 Å². The molecule has 1 saturated heterocycles. The van der Waals surface area contributed by atoms with Crippen LogP contribution in [0, 0.1) is 6.92 Å². The molecule has 2 heterocycles. The highest BCUT2D eigenvalue weighted by atomic mass is 16.7. The lowest BCUT2D eigenvalue weighted by molar-refractivity contribution is 0.00578. The van der Waals surface area contributed by atoms with Crippen LogP contribution in [0.25, 0.3) is 16.6 Å². The number of benzene rings is 2. The van der Waals surface area contributed by atoms with Gasteiger partial charge in [-0.25, -0.2) is 4.98 Å². The lowest BCUT2D eigenvalue weighted by Gasteiger charge is -2.32. The highest BCUT2D eigenvalue weighted by Gasteiger charge is 2.52. The third kappa shape index (κ3) is 2.80. The fourth-order valence-electron chi connectivity index (χ4n) is 3.37. The van der Waals surface area contributed by atoms with Crippen molar-refractivity contribution in [2.24, 2.45) is 0 Å². The van der Waals surface area contributed by atoms with Crippen LogP contribution in [0.3, 0.4) is 0 Å². The van der Waals surface area contributed by atoms with Gasteiger partial charge in [0, 0.05) is 0 Å². The molecular formula is C21H23BN2O3. The Hall–Kier alpha value is -2.44. The van der Waals surface area contributed by atoms with E-state index in [0.29, 0.717) is 10.9 Å². The molecular weight excluding hydrogens is 339 g/mol. The van der Waals surface area contributed by atoms with Gasteiger partial charge in [0.1, 0.15) is 6.33 Å². The molecule has 1 aliphatic heterocycles. The van der Waals surface area contributed by atoms with Gasteiger partial charge in [-0.3, -0.25) is 9.36 Å². The van der Waals surface area contributed by atoms with Crippen LogP contribution >= 0.6 is 0 Å². The van der Waals surface area contributed by atoms with Gasteiger partial charge in [-0.2, -0.15) is 0 Å². The third-order valence-electron chi connectivity index (χ3n) is 5.78. The maximum atomic E-state index is 13.0. The average Bonchev–Trinajstić information content (AvgIpc) is 2.84. The van der Waals surface area contributed by atoms with Crippen LogP contribution < -0.4 is 11.0 Å². The zero-order chi connectivity index (χ0) is 19.4. The van der Waals surface area contributed by atoms with E-state index in [1.54, 1.807) is 17.0 Å².